The molecule has 4 rings (SSSR count). The fourth-order valence-corrected chi connectivity index (χ4v) is 3.92. The smallest absolute Gasteiger partial charge is 0.134 e. The van der Waals surface area contributed by atoms with E-state index in [4.69, 9.17) is 0 Å². The predicted molar refractivity (Wildman–Crippen MR) is 121 cm³/mol. The molecule has 0 saturated carbocycles. The van der Waals surface area contributed by atoms with Gasteiger partial charge in [0.15, 0.2) is 0 Å². The Morgan fingerprint density at radius 2 is 1.50 bits per heavy atom. The molecule has 0 saturated heterocycles. The molecule has 4 aromatic rings. The van der Waals surface area contributed by atoms with E-state index in [1.165, 1.54) is 22.5 Å². The molecule has 0 amide bonds. The number of halogens is 1. The Morgan fingerprint density at radius 3 is 2.18 bits per heavy atom. The van der Waals surface area contributed by atoms with Gasteiger partial charge in [0.25, 0.3) is 0 Å². The molecule has 0 fully saturated rings. The number of hydrogen-bond donors (Lipinski definition) is 0. The molecule has 3 aromatic carbocycles. The summed E-state index contributed by atoms with van der Waals surface area (Å²) in [6.45, 7) is 0. The van der Waals surface area contributed by atoms with Gasteiger partial charge < -0.3 is 0 Å². The van der Waals surface area contributed by atoms with Crippen LogP contribution in [0.15, 0.2) is 88.7 Å². The first kappa shape index (κ1) is 18.4. The van der Waals surface area contributed by atoms with Gasteiger partial charge >= 0.3 is 0 Å². The van der Waals surface area contributed by atoms with E-state index >= 15 is 0 Å². The molecular formula is C24H15BrN2S. The van der Waals surface area contributed by atoms with Crippen LogP contribution in [0, 0.1) is 11.3 Å². The summed E-state index contributed by atoms with van der Waals surface area (Å²) >= 11 is 4.92. The van der Waals surface area contributed by atoms with Gasteiger partial charge in [0.2, 0.25) is 0 Å². The number of benzene rings is 3. The Morgan fingerprint density at radius 1 is 0.857 bits per heavy atom. The lowest BCUT2D eigenvalue weighted by Crippen LogP contribution is -1.84. The molecule has 0 aliphatic heterocycles. The first-order valence-corrected chi connectivity index (χ1v) is 10.4. The lowest BCUT2D eigenvalue weighted by atomic mass is 10.0. The van der Waals surface area contributed by atoms with Crippen molar-refractivity contribution in [1.82, 2.24) is 4.98 Å². The van der Waals surface area contributed by atoms with Crippen molar-refractivity contribution < 1.29 is 0 Å². The molecule has 4 heteroatoms. The molecule has 0 aliphatic carbocycles. The number of hydrogen-bond acceptors (Lipinski definition) is 3. The van der Waals surface area contributed by atoms with Crippen LogP contribution >= 0.6 is 27.3 Å². The summed E-state index contributed by atoms with van der Waals surface area (Å²) in [5, 5.41) is 12.3. The summed E-state index contributed by atoms with van der Waals surface area (Å²) in [6, 6.07) is 28.8. The molecule has 1 aromatic heterocycles. The summed E-state index contributed by atoms with van der Waals surface area (Å²) in [5.74, 6) is 0. The summed E-state index contributed by atoms with van der Waals surface area (Å²) < 4.78 is 1.01. The first-order valence-electron chi connectivity index (χ1n) is 8.72. The first-order chi connectivity index (χ1) is 13.7. The zero-order valence-electron chi connectivity index (χ0n) is 14.8. The van der Waals surface area contributed by atoms with Crippen LogP contribution in [-0.4, -0.2) is 4.98 Å². The minimum atomic E-state index is 0.569. The van der Waals surface area contributed by atoms with Gasteiger partial charge in [-0.1, -0.05) is 82.7 Å². The van der Waals surface area contributed by atoms with E-state index < -0.39 is 0 Å². The van der Waals surface area contributed by atoms with Crippen LogP contribution in [0.1, 0.15) is 10.6 Å². The molecule has 0 N–H and O–H groups in total. The van der Waals surface area contributed by atoms with Gasteiger partial charge in [0.1, 0.15) is 11.1 Å². The monoisotopic (exact) mass is 442 g/mol. The fraction of sp³-hybridized carbons (Fsp3) is 0. The minimum Gasteiger partial charge on any atom is -0.235 e. The third-order valence-electron chi connectivity index (χ3n) is 4.32. The van der Waals surface area contributed by atoms with Crippen molar-refractivity contribution in [3.8, 4) is 28.5 Å². The van der Waals surface area contributed by atoms with Gasteiger partial charge in [0.05, 0.1) is 11.3 Å². The molecular weight excluding hydrogens is 428 g/mol. The Balaban J connectivity index is 1.60. The standard InChI is InChI=1S/C24H15BrN2S/c25-22-12-6-17(7-13-22)14-21(15-26)24-27-23(16-28-24)20-10-8-19(9-11-20)18-4-2-1-3-5-18/h1-14,16H/b21-14+. The maximum atomic E-state index is 9.58. The van der Waals surface area contributed by atoms with Crippen molar-refractivity contribution in [2.75, 3.05) is 0 Å². The molecule has 2 nitrogen and oxygen atoms in total. The van der Waals surface area contributed by atoms with E-state index in [0.717, 1.165) is 26.3 Å². The summed E-state index contributed by atoms with van der Waals surface area (Å²) in [5.41, 5.74) is 5.84. The summed E-state index contributed by atoms with van der Waals surface area (Å²) in [6.07, 6.45) is 1.87. The summed E-state index contributed by atoms with van der Waals surface area (Å²) in [4.78, 5) is 4.69. The van der Waals surface area contributed by atoms with Crippen LogP contribution in [-0.2, 0) is 0 Å². The van der Waals surface area contributed by atoms with E-state index in [1.54, 1.807) is 0 Å². The zero-order chi connectivity index (χ0) is 19.3. The van der Waals surface area contributed by atoms with Crippen LogP contribution in [0.4, 0.5) is 0 Å². The van der Waals surface area contributed by atoms with E-state index in [-0.39, 0.29) is 0 Å². The molecule has 0 spiro atoms. The molecule has 0 radical (unpaired) electrons. The molecule has 28 heavy (non-hydrogen) atoms. The highest BCUT2D eigenvalue weighted by molar-refractivity contribution is 9.10. The highest BCUT2D eigenvalue weighted by Crippen LogP contribution is 2.29. The van der Waals surface area contributed by atoms with Crippen molar-refractivity contribution >= 4 is 38.9 Å². The van der Waals surface area contributed by atoms with E-state index in [2.05, 4.69) is 63.4 Å². The fourth-order valence-electron chi connectivity index (χ4n) is 2.86. The van der Waals surface area contributed by atoms with E-state index in [1.807, 2.05) is 53.9 Å². The normalized spacial score (nSPS) is 11.2. The Labute approximate surface area is 176 Å². The van der Waals surface area contributed by atoms with Gasteiger partial charge in [-0.25, -0.2) is 4.98 Å². The minimum absolute atomic E-state index is 0.569. The van der Waals surface area contributed by atoms with Gasteiger partial charge in [-0.2, -0.15) is 5.26 Å². The van der Waals surface area contributed by atoms with Crippen LogP contribution in [0.2, 0.25) is 0 Å². The average molecular weight is 443 g/mol. The second-order valence-electron chi connectivity index (χ2n) is 6.20. The van der Waals surface area contributed by atoms with Gasteiger partial charge in [-0.05, 0) is 34.9 Å². The van der Waals surface area contributed by atoms with Gasteiger partial charge in [-0.3, -0.25) is 0 Å². The molecule has 1 heterocycles. The molecule has 0 aliphatic rings. The number of aromatic nitrogens is 1. The highest BCUT2D eigenvalue weighted by Gasteiger charge is 2.09. The van der Waals surface area contributed by atoms with Crippen molar-refractivity contribution in [3.05, 3.63) is 99.3 Å². The number of nitrogens with zero attached hydrogens (tertiary/aromatic N) is 2. The maximum Gasteiger partial charge on any atom is 0.134 e. The Hall–Kier alpha value is -3.00. The van der Waals surface area contributed by atoms with Crippen molar-refractivity contribution in [3.63, 3.8) is 0 Å². The van der Waals surface area contributed by atoms with Gasteiger partial charge in [-0.15, -0.1) is 11.3 Å². The maximum absolute atomic E-state index is 9.58. The van der Waals surface area contributed by atoms with E-state index in [9.17, 15) is 5.26 Å². The number of allylic oxidation sites excluding steroid dienone is 1. The second kappa shape index (κ2) is 8.35. The zero-order valence-corrected chi connectivity index (χ0v) is 17.2. The summed E-state index contributed by atoms with van der Waals surface area (Å²) in [7, 11) is 0. The quantitative estimate of drug-likeness (QED) is 0.310. The lowest BCUT2D eigenvalue weighted by molar-refractivity contribution is 1.37. The molecule has 0 bridgehead atoms. The second-order valence-corrected chi connectivity index (χ2v) is 7.98. The van der Waals surface area contributed by atoms with Crippen LogP contribution in [0.5, 0.6) is 0 Å². The van der Waals surface area contributed by atoms with Gasteiger partial charge in [0, 0.05) is 15.4 Å². The third-order valence-corrected chi connectivity index (χ3v) is 5.73. The number of nitriles is 1. The number of thiazole rings is 1. The van der Waals surface area contributed by atoms with Crippen LogP contribution in [0.25, 0.3) is 34.0 Å². The average Bonchev–Trinajstić information content (AvgIpc) is 3.24. The topological polar surface area (TPSA) is 36.7 Å². The Kier molecular flexibility index (Phi) is 5.48. The van der Waals surface area contributed by atoms with E-state index in [0.29, 0.717) is 5.57 Å². The van der Waals surface area contributed by atoms with Crippen molar-refractivity contribution in [2.24, 2.45) is 0 Å². The molecule has 0 unspecified atom stereocenters. The van der Waals surface area contributed by atoms with Crippen LogP contribution in [0.3, 0.4) is 0 Å². The Bertz CT molecular complexity index is 1150. The predicted octanol–water partition coefficient (Wildman–Crippen LogP) is 7.30. The third kappa shape index (κ3) is 4.12. The van der Waals surface area contributed by atoms with Crippen molar-refractivity contribution in [2.45, 2.75) is 0 Å². The number of rotatable bonds is 4. The molecule has 0 atom stereocenters. The largest absolute Gasteiger partial charge is 0.235 e. The highest BCUT2D eigenvalue weighted by atomic mass is 79.9. The van der Waals surface area contributed by atoms with Crippen LogP contribution < -0.4 is 0 Å². The SMILES string of the molecule is N#C/C(=C\c1ccc(Br)cc1)c1nc(-c2ccc(-c3ccccc3)cc2)cs1. The molecule has 134 valence electrons. The lowest BCUT2D eigenvalue weighted by Gasteiger charge is -2.02. The van der Waals surface area contributed by atoms with Crippen molar-refractivity contribution in [1.29, 1.82) is 5.26 Å².